The quantitative estimate of drug-likeness (QED) is 0.401. The first-order valence-electron chi connectivity index (χ1n) is 12.0. The van der Waals surface area contributed by atoms with E-state index in [1.54, 1.807) is 18.2 Å². The van der Waals surface area contributed by atoms with Gasteiger partial charge in [-0.2, -0.15) is 13.2 Å². The number of nitrogens with one attached hydrogen (secondary N) is 1. The Morgan fingerprint density at radius 2 is 1.74 bits per heavy atom. The van der Waals surface area contributed by atoms with Crippen molar-refractivity contribution in [3.05, 3.63) is 92.4 Å². The minimum Gasteiger partial charge on any atom is -0.480 e. The molecule has 3 rings (SSSR count). The van der Waals surface area contributed by atoms with Crippen molar-refractivity contribution in [3.8, 4) is 11.1 Å². The van der Waals surface area contributed by atoms with E-state index >= 15 is 0 Å². The summed E-state index contributed by atoms with van der Waals surface area (Å²) in [6.45, 7) is 5.34. The molecule has 0 spiro atoms. The number of pyridine rings is 1. The molecule has 0 bridgehead atoms. The van der Waals surface area contributed by atoms with Gasteiger partial charge in [0.2, 0.25) is 0 Å². The van der Waals surface area contributed by atoms with Crippen LogP contribution in [0.25, 0.3) is 11.1 Å². The van der Waals surface area contributed by atoms with Crippen molar-refractivity contribution in [1.82, 2.24) is 9.88 Å². The maximum absolute atomic E-state index is 13.7. The number of nitrogens with two attached hydrogens (primary N) is 1. The van der Waals surface area contributed by atoms with Crippen LogP contribution in [0.4, 0.5) is 13.2 Å². The van der Waals surface area contributed by atoms with Crippen molar-refractivity contribution >= 4 is 11.9 Å². The van der Waals surface area contributed by atoms with Gasteiger partial charge in [0, 0.05) is 31.3 Å². The fraction of sp³-hybridized carbons (Fsp3) is 0.321. The Bertz CT molecular complexity index is 1410. The number of aliphatic carboxylic acids is 1. The van der Waals surface area contributed by atoms with E-state index in [0.717, 1.165) is 16.2 Å². The van der Waals surface area contributed by atoms with Crippen molar-refractivity contribution in [2.24, 2.45) is 12.8 Å². The highest BCUT2D eigenvalue weighted by molar-refractivity contribution is 5.99. The molecule has 1 heterocycles. The Hall–Kier alpha value is -3.92. The number of halogens is 3. The second-order valence-corrected chi connectivity index (χ2v) is 9.44. The maximum Gasteiger partial charge on any atom is 0.417 e. The zero-order chi connectivity index (χ0) is 28.4. The number of aromatic nitrogens is 1. The van der Waals surface area contributed by atoms with Gasteiger partial charge in [-0.3, -0.25) is 9.59 Å². The summed E-state index contributed by atoms with van der Waals surface area (Å²) in [5.74, 6) is -1.85. The standard InChI is InChI=1S/C28H30F3N3O4/c1-15(2)20-7-5-6-19(14-32)23(20)25(35)33-22(27(37)38)13-17-8-10-18(11-9-17)24-21(28(29,30)31)12-16(3)34(4)26(24)36/h5-12,15,22H,13-14,32H2,1-4H3,(H,33,35)(H,37,38). The van der Waals surface area contributed by atoms with Gasteiger partial charge in [-0.25, -0.2) is 4.79 Å². The average Bonchev–Trinajstić information content (AvgIpc) is 2.86. The number of carbonyl (C=O) groups excluding carboxylic acids is 1. The van der Waals surface area contributed by atoms with Crippen molar-refractivity contribution in [3.63, 3.8) is 0 Å². The van der Waals surface area contributed by atoms with E-state index in [2.05, 4.69) is 5.32 Å². The summed E-state index contributed by atoms with van der Waals surface area (Å²) >= 11 is 0. The smallest absolute Gasteiger partial charge is 0.417 e. The summed E-state index contributed by atoms with van der Waals surface area (Å²) in [6.07, 6.45) is -4.86. The summed E-state index contributed by atoms with van der Waals surface area (Å²) in [5.41, 5.74) is 5.82. The summed E-state index contributed by atoms with van der Waals surface area (Å²) in [7, 11) is 1.39. The van der Waals surface area contributed by atoms with E-state index in [1.165, 1.54) is 38.2 Å². The van der Waals surface area contributed by atoms with E-state index in [4.69, 9.17) is 5.73 Å². The third-order valence-electron chi connectivity index (χ3n) is 6.51. The van der Waals surface area contributed by atoms with Gasteiger partial charge in [0.05, 0.1) is 11.1 Å². The molecule has 0 saturated carbocycles. The fourth-order valence-corrected chi connectivity index (χ4v) is 4.35. The fourth-order valence-electron chi connectivity index (χ4n) is 4.35. The first-order chi connectivity index (χ1) is 17.8. The van der Waals surface area contributed by atoms with E-state index in [-0.39, 0.29) is 30.1 Å². The molecule has 202 valence electrons. The van der Waals surface area contributed by atoms with Crippen LogP contribution in [0.2, 0.25) is 0 Å². The molecule has 0 aliphatic rings. The largest absolute Gasteiger partial charge is 0.480 e. The lowest BCUT2D eigenvalue weighted by molar-refractivity contribution is -0.139. The average molecular weight is 530 g/mol. The predicted octanol–water partition coefficient (Wildman–Crippen LogP) is 4.39. The van der Waals surface area contributed by atoms with Gasteiger partial charge < -0.3 is 20.7 Å². The third-order valence-corrected chi connectivity index (χ3v) is 6.51. The normalized spacial score (nSPS) is 12.4. The second kappa shape index (κ2) is 11.2. The molecule has 0 aliphatic heterocycles. The van der Waals surface area contributed by atoms with Gasteiger partial charge in [-0.15, -0.1) is 0 Å². The minimum atomic E-state index is -4.74. The molecule has 1 unspecified atom stereocenters. The van der Waals surface area contributed by atoms with Gasteiger partial charge in [0.25, 0.3) is 11.5 Å². The Labute approximate surface area is 218 Å². The first-order valence-corrected chi connectivity index (χ1v) is 12.0. The Kier molecular flexibility index (Phi) is 8.46. The highest BCUT2D eigenvalue weighted by atomic mass is 19.4. The van der Waals surface area contributed by atoms with E-state index in [1.807, 2.05) is 13.8 Å². The van der Waals surface area contributed by atoms with E-state index in [9.17, 15) is 32.7 Å². The number of carbonyl (C=O) groups is 2. The Morgan fingerprint density at radius 3 is 2.26 bits per heavy atom. The van der Waals surface area contributed by atoms with Crippen LogP contribution in [0.1, 0.15) is 58.1 Å². The number of alkyl halides is 3. The monoisotopic (exact) mass is 529 g/mol. The summed E-state index contributed by atoms with van der Waals surface area (Å²) in [5, 5.41) is 12.3. The lowest BCUT2D eigenvalue weighted by Gasteiger charge is -2.20. The summed E-state index contributed by atoms with van der Waals surface area (Å²) in [4.78, 5) is 37.9. The predicted molar refractivity (Wildman–Crippen MR) is 138 cm³/mol. The topological polar surface area (TPSA) is 114 Å². The highest BCUT2D eigenvalue weighted by Gasteiger charge is 2.36. The Morgan fingerprint density at radius 1 is 1.11 bits per heavy atom. The molecule has 38 heavy (non-hydrogen) atoms. The van der Waals surface area contributed by atoms with Crippen LogP contribution in [0.3, 0.4) is 0 Å². The van der Waals surface area contributed by atoms with Gasteiger partial charge in [0.1, 0.15) is 6.04 Å². The number of carboxylic acids is 1. The maximum atomic E-state index is 13.7. The van der Waals surface area contributed by atoms with Crippen LogP contribution in [0, 0.1) is 6.92 Å². The van der Waals surface area contributed by atoms with E-state index in [0.29, 0.717) is 16.7 Å². The number of amides is 1. The molecule has 0 aliphatic carbocycles. The molecule has 1 aromatic heterocycles. The molecular weight excluding hydrogens is 499 g/mol. The number of carboxylic acid groups (broad SMARTS) is 1. The molecule has 2 aromatic carbocycles. The second-order valence-electron chi connectivity index (χ2n) is 9.44. The zero-order valence-electron chi connectivity index (χ0n) is 21.5. The van der Waals surface area contributed by atoms with Crippen molar-refractivity contribution < 1.29 is 27.9 Å². The third kappa shape index (κ3) is 5.96. The summed E-state index contributed by atoms with van der Waals surface area (Å²) in [6, 6.07) is 10.5. The molecule has 3 aromatic rings. The number of rotatable bonds is 8. The van der Waals surface area contributed by atoms with Crippen molar-refractivity contribution in [2.45, 2.75) is 51.9 Å². The van der Waals surface area contributed by atoms with Crippen LogP contribution in [0.5, 0.6) is 0 Å². The lowest BCUT2D eigenvalue weighted by atomic mass is 9.92. The molecule has 4 N–H and O–H groups in total. The number of hydrogen-bond acceptors (Lipinski definition) is 4. The Balaban J connectivity index is 1.92. The first kappa shape index (κ1) is 28.6. The highest BCUT2D eigenvalue weighted by Crippen LogP contribution is 2.36. The molecule has 1 atom stereocenters. The number of nitrogens with zero attached hydrogens (tertiary/aromatic N) is 1. The van der Waals surface area contributed by atoms with Crippen LogP contribution in [0.15, 0.2) is 53.3 Å². The van der Waals surface area contributed by atoms with Crippen LogP contribution < -0.4 is 16.6 Å². The van der Waals surface area contributed by atoms with Crippen LogP contribution >= 0.6 is 0 Å². The molecule has 0 fully saturated rings. The molecular formula is C28H30F3N3O4. The van der Waals surface area contributed by atoms with Gasteiger partial charge in [0.15, 0.2) is 0 Å². The van der Waals surface area contributed by atoms with Crippen molar-refractivity contribution in [2.75, 3.05) is 0 Å². The summed E-state index contributed by atoms with van der Waals surface area (Å²) < 4.78 is 42.2. The SMILES string of the molecule is Cc1cc(C(F)(F)F)c(-c2ccc(CC(NC(=O)c3c(CN)cccc3C(C)C)C(=O)O)cc2)c(=O)n1C. The molecule has 0 saturated heterocycles. The number of aryl methyl sites for hydroxylation is 1. The lowest BCUT2D eigenvalue weighted by Crippen LogP contribution is -2.43. The van der Waals surface area contributed by atoms with Gasteiger partial charge in [-0.1, -0.05) is 56.3 Å². The minimum absolute atomic E-state index is 0.00542. The molecule has 10 heteroatoms. The number of hydrogen-bond donors (Lipinski definition) is 3. The molecule has 7 nitrogen and oxygen atoms in total. The zero-order valence-corrected chi connectivity index (χ0v) is 21.5. The van der Waals surface area contributed by atoms with Gasteiger partial charge in [-0.05, 0) is 41.2 Å². The van der Waals surface area contributed by atoms with Crippen LogP contribution in [-0.2, 0) is 31.0 Å². The number of benzene rings is 2. The molecule has 0 radical (unpaired) electrons. The van der Waals surface area contributed by atoms with Crippen LogP contribution in [-0.4, -0.2) is 27.6 Å². The molecule has 1 amide bonds. The van der Waals surface area contributed by atoms with Crippen molar-refractivity contribution in [1.29, 1.82) is 0 Å². The van der Waals surface area contributed by atoms with Gasteiger partial charge >= 0.3 is 12.1 Å². The van der Waals surface area contributed by atoms with E-state index < -0.39 is 40.8 Å².